The third kappa shape index (κ3) is 4.58. The van der Waals surface area contributed by atoms with E-state index in [0.717, 1.165) is 12.1 Å². The molecule has 5 nitrogen and oxygen atoms in total. The Hall–Kier alpha value is -3.34. The highest BCUT2D eigenvalue weighted by molar-refractivity contribution is 6.51. The molecule has 0 aliphatic rings. The van der Waals surface area contributed by atoms with Crippen LogP contribution in [0.25, 0.3) is 0 Å². The van der Waals surface area contributed by atoms with Crippen LogP contribution < -0.4 is 10.2 Å². The summed E-state index contributed by atoms with van der Waals surface area (Å²) in [4.78, 5) is 12.3. The van der Waals surface area contributed by atoms with Crippen LogP contribution in [0, 0.1) is 11.3 Å². The molecule has 0 atom stereocenters. The van der Waals surface area contributed by atoms with E-state index in [0.29, 0.717) is 5.69 Å². The van der Waals surface area contributed by atoms with Crippen LogP contribution in [0.4, 0.5) is 18.9 Å². The third-order valence-electron chi connectivity index (χ3n) is 2.75. The van der Waals surface area contributed by atoms with Gasteiger partial charge in [-0.3, -0.25) is 10.2 Å². The number of alkyl halides is 3. The van der Waals surface area contributed by atoms with Crippen LogP contribution in [-0.2, 0) is 0 Å². The Bertz CT molecular complexity index is 796. The molecule has 0 aliphatic heterocycles. The maximum atomic E-state index is 12.4. The maximum Gasteiger partial charge on any atom is 0.573 e. The van der Waals surface area contributed by atoms with E-state index in [4.69, 9.17) is 5.26 Å². The van der Waals surface area contributed by atoms with Gasteiger partial charge in [0.1, 0.15) is 11.8 Å². The van der Waals surface area contributed by atoms with Gasteiger partial charge in [-0.05, 0) is 24.3 Å². The zero-order chi connectivity index (χ0) is 17.6. The van der Waals surface area contributed by atoms with Crippen molar-refractivity contribution in [1.82, 2.24) is 0 Å². The Morgan fingerprint density at radius 2 is 1.71 bits per heavy atom. The maximum absolute atomic E-state index is 12.4. The average molecular weight is 333 g/mol. The SMILES string of the molecule is N#C/C(=N/Nc1ccccc1)C(=O)c1ccccc1OC(F)(F)F. The number of para-hydroxylation sites is 2. The van der Waals surface area contributed by atoms with Crippen molar-refractivity contribution in [2.24, 2.45) is 5.10 Å². The van der Waals surface area contributed by atoms with Gasteiger partial charge in [-0.1, -0.05) is 30.3 Å². The van der Waals surface area contributed by atoms with Gasteiger partial charge in [0.15, 0.2) is 0 Å². The fourth-order valence-electron chi connectivity index (χ4n) is 1.76. The number of nitrogens with one attached hydrogen (secondary N) is 1. The number of nitriles is 1. The number of rotatable bonds is 5. The Morgan fingerprint density at radius 3 is 2.33 bits per heavy atom. The number of Topliss-reactive ketones (excluding diaryl/α,β-unsaturated/α-hetero) is 1. The lowest BCUT2D eigenvalue weighted by Gasteiger charge is -2.11. The molecule has 0 spiro atoms. The van der Waals surface area contributed by atoms with Crippen LogP contribution in [0.1, 0.15) is 10.4 Å². The van der Waals surface area contributed by atoms with Gasteiger partial charge in [-0.15, -0.1) is 13.2 Å². The topological polar surface area (TPSA) is 74.5 Å². The summed E-state index contributed by atoms with van der Waals surface area (Å²) in [6, 6.07) is 14.8. The van der Waals surface area contributed by atoms with Gasteiger partial charge in [0.05, 0.1) is 11.3 Å². The number of carbonyl (C=O) groups is 1. The first-order valence-electron chi connectivity index (χ1n) is 6.59. The number of benzene rings is 2. The largest absolute Gasteiger partial charge is 0.573 e. The van der Waals surface area contributed by atoms with Crippen molar-refractivity contribution < 1.29 is 22.7 Å². The van der Waals surface area contributed by atoms with E-state index in [-0.39, 0.29) is 0 Å². The Labute approximate surface area is 135 Å². The predicted molar refractivity (Wildman–Crippen MR) is 80.6 cm³/mol. The van der Waals surface area contributed by atoms with Crippen molar-refractivity contribution in [2.75, 3.05) is 5.43 Å². The standard InChI is InChI=1S/C16H10F3N3O2/c17-16(18,19)24-14-9-5-4-8-12(14)15(23)13(10-20)22-21-11-6-2-1-3-7-11/h1-9,21H/b22-13-. The van der Waals surface area contributed by atoms with Gasteiger partial charge in [0, 0.05) is 0 Å². The summed E-state index contributed by atoms with van der Waals surface area (Å²) in [6.45, 7) is 0. The molecule has 1 N–H and O–H groups in total. The smallest absolute Gasteiger partial charge is 0.405 e. The predicted octanol–water partition coefficient (Wildman–Crippen LogP) is 3.76. The highest BCUT2D eigenvalue weighted by atomic mass is 19.4. The van der Waals surface area contributed by atoms with Crippen molar-refractivity contribution in [3.63, 3.8) is 0 Å². The molecule has 0 aliphatic carbocycles. The third-order valence-corrected chi connectivity index (χ3v) is 2.75. The van der Waals surface area contributed by atoms with Crippen LogP contribution in [0.15, 0.2) is 59.7 Å². The number of anilines is 1. The van der Waals surface area contributed by atoms with E-state index in [1.165, 1.54) is 12.1 Å². The zero-order valence-electron chi connectivity index (χ0n) is 12.0. The van der Waals surface area contributed by atoms with Crippen LogP contribution >= 0.6 is 0 Å². The fraction of sp³-hybridized carbons (Fsp3) is 0.0625. The van der Waals surface area contributed by atoms with Crippen LogP contribution in [-0.4, -0.2) is 17.9 Å². The van der Waals surface area contributed by atoms with Crippen molar-refractivity contribution in [3.8, 4) is 11.8 Å². The summed E-state index contributed by atoms with van der Waals surface area (Å²) in [5.41, 5.74) is 2.00. The van der Waals surface area contributed by atoms with Gasteiger partial charge >= 0.3 is 6.36 Å². The number of carbonyl (C=O) groups excluding carboxylic acids is 1. The molecule has 8 heteroatoms. The van der Waals surface area contributed by atoms with E-state index >= 15 is 0 Å². The first-order chi connectivity index (χ1) is 11.4. The van der Waals surface area contributed by atoms with Gasteiger partial charge < -0.3 is 4.74 Å². The van der Waals surface area contributed by atoms with Crippen molar-refractivity contribution >= 4 is 17.2 Å². The number of ketones is 1. The molecule has 24 heavy (non-hydrogen) atoms. The van der Waals surface area contributed by atoms with Crippen LogP contribution in [0.3, 0.4) is 0 Å². The second kappa shape index (κ2) is 7.28. The van der Waals surface area contributed by atoms with Crippen LogP contribution in [0.2, 0.25) is 0 Å². The molecule has 2 aromatic carbocycles. The molecule has 122 valence electrons. The van der Waals surface area contributed by atoms with Gasteiger partial charge in [-0.25, -0.2) is 0 Å². The van der Waals surface area contributed by atoms with Crippen molar-refractivity contribution in [1.29, 1.82) is 5.26 Å². The lowest BCUT2D eigenvalue weighted by molar-refractivity contribution is -0.274. The molecule has 0 unspecified atom stereocenters. The molecular weight excluding hydrogens is 323 g/mol. The van der Waals surface area contributed by atoms with Gasteiger partial charge in [-0.2, -0.15) is 10.4 Å². The molecule has 0 amide bonds. The Morgan fingerprint density at radius 1 is 1.08 bits per heavy atom. The second-order valence-corrected chi connectivity index (χ2v) is 4.42. The molecule has 0 aromatic heterocycles. The summed E-state index contributed by atoms with van der Waals surface area (Å²) in [7, 11) is 0. The normalized spacial score (nSPS) is 11.5. The Kier molecular flexibility index (Phi) is 5.16. The summed E-state index contributed by atoms with van der Waals surface area (Å²) >= 11 is 0. The number of halogens is 3. The van der Waals surface area contributed by atoms with E-state index in [1.54, 1.807) is 36.4 Å². The van der Waals surface area contributed by atoms with Crippen LogP contribution in [0.5, 0.6) is 5.75 Å². The second-order valence-electron chi connectivity index (χ2n) is 4.42. The number of hydrogen-bond donors (Lipinski definition) is 1. The molecule has 0 fully saturated rings. The molecule has 2 rings (SSSR count). The number of hydrogen-bond acceptors (Lipinski definition) is 5. The minimum Gasteiger partial charge on any atom is -0.405 e. The number of ether oxygens (including phenoxy) is 1. The van der Waals surface area contributed by atoms with Gasteiger partial charge in [0.25, 0.3) is 0 Å². The lowest BCUT2D eigenvalue weighted by atomic mass is 10.1. The minimum atomic E-state index is -4.96. The molecular formula is C16H10F3N3O2. The first kappa shape index (κ1) is 17.0. The van der Waals surface area contributed by atoms with E-state index in [9.17, 15) is 18.0 Å². The highest BCUT2D eigenvalue weighted by Gasteiger charge is 2.33. The van der Waals surface area contributed by atoms with Crippen molar-refractivity contribution in [2.45, 2.75) is 6.36 Å². The van der Waals surface area contributed by atoms with Crippen molar-refractivity contribution in [3.05, 3.63) is 60.2 Å². The molecule has 0 radical (unpaired) electrons. The zero-order valence-corrected chi connectivity index (χ0v) is 12.0. The Balaban J connectivity index is 2.28. The molecule has 0 saturated heterocycles. The lowest BCUT2D eigenvalue weighted by Crippen LogP contribution is -2.21. The van der Waals surface area contributed by atoms with E-state index in [2.05, 4.69) is 15.3 Å². The molecule has 2 aromatic rings. The monoisotopic (exact) mass is 333 g/mol. The quantitative estimate of drug-likeness (QED) is 0.514. The summed E-state index contributed by atoms with van der Waals surface area (Å²) < 4.78 is 41.0. The summed E-state index contributed by atoms with van der Waals surface area (Å²) in [5, 5.41) is 12.7. The fourth-order valence-corrected chi connectivity index (χ4v) is 1.76. The van der Waals surface area contributed by atoms with E-state index in [1.807, 2.05) is 0 Å². The molecule has 0 heterocycles. The van der Waals surface area contributed by atoms with Gasteiger partial charge in [0.2, 0.25) is 11.5 Å². The molecule has 0 saturated carbocycles. The average Bonchev–Trinajstić information content (AvgIpc) is 2.55. The minimum absolute atomic E-state index is 0.412. The highest BCUT2D eigenvalue weighted by Crippen LogP contribution is 2.26. The summed E-state index contributed by atoms with van der Waals surface area (Å²) in [5.74, 6) is -1.68. The van der Waals surface area contributed by atoms with E-state index < -0.39 is 29.2 Å². The number of hydrazone groups is 1. The number of nitrogens with zero attached hydrogens (tertiary/aromatic N) is 2. The molecule has 0 bridgehead atoms. The summed E-state index contributed by atoms with van der Waals surface area (Å²) in [6.07, 6.45) is -4.96. The first-order valence-corrected chi connectivity index (χ1v) is 6.59.